The molecular weight excluding hydrogens is 1510 g/mol. The Morgan fingerprint density at radius 1 is 0.301 bits per heavy atom. The first kappa shape index (κ1) is 66.2. The van der Waals surface area contributed by atoms with Crippen LogP contribution in [0.5, 0.6) is 0 Å². The van der Waals surface area contributed by atoms with Crippen LogP contribution in [0.15, 0.2) is 383 Å². The summed E-state index contributed by atoms with van der Waals surface area (Å²) in [6, 6.07) is 62.0. The molecule has 5 spiro atoms. The fraction of sp³-hybridized carbons (Fsp3) is 0.149. The molecule has 0 amide bonds. The minimum atomic E-state index is -8.24. The van der Waals surface area contributed by atoms with Crippen molar-refractivity contribution in [2.24, 2.45) is 0 Å². The summed E-state index contributed by atoms with van der Waals surface area (Å²) in [6.45, 7) is 14.5. The first-order valence-corrected chi connectivity index (χ1v) is 56.9. The molecule has 8 atom stereocenters. The zero-order valence-corrected chi connectivity index (χ0v) is 65.7. The van der Waals surface area contributed by atoms with Gasteiger partial charge in [0.2, 0.25) is 0 Å². The van der Waals surface area contributed by atoms with E-state index in [9.17, 15) is 17.2 Å². The van der Waals surface area contributed by atoms with Crippen molar-refractivity contribution in [3.05, 3.63) is 428 Å². The van der Waals surface area contributed by atoms with Crippen LogP contribution in [-0.4, -0.2) is 17.6 Å². The molecule has 0 radical (unpaired) electrons. The Labute approximate surface area is 610 Å². The maximum absolute atomic E-state index is 17.4. The molecule has 8 aromatic carbocycles. The standard InChI is InChI=1S/2C47H38F2Si.2ClH.Hf/c2*1-30-26-42-36(34-22-24-38(44(48)28-34)32-14-6-4-7-15-32)18-10-12-20-40(42)46(30)50(3)47-31(2)27-43-37(19-11-13-21-41(43)47)35-23-25-39(45(49)29-35)33-16-8-5-9-17-33;;;/h2*4-29,36-37,50H,1-3H3;2*1H;/q;;;;+2/p-2. The predicted molar refractivity (Wildman–Crippen MR) is 423 cm³/mol. The second-order valence-corrected chi connectivity index (χ2v) is 84.7. The van der Waals surface area contributed by atoms with Crippen molar-refractivity contribution in [3.63, 3.8) is 0 Å². The van der Waals surface area contributed by atoms with Crippen LogP contribution in [0.25, 0.3) is 44.5 Å². The molecule has 2 aliphatic heterocycles. The molecule has 0 saturated carbocycles. The molecule has 2 heterocycles. The van der Waals surface area contributed by atoms with Crippen molar-refractivity contribution in [1.29, 1.82) is 0 Å². The van der Waals surface area contributed by atoms with E-state index in [1.54, 1.807) is 24.3 Å². The van der Waals surface area contributed by atoms with Gasteiger partial charge in [0, 0.05) is 0 Å². The van der Waals surface area contributed by atoms with E-state index in [0.29, 0.717) is 22.3 Å². The normalized spacial score (nSPS) is 29.5. The Morgan fingerprint density at radius 3 is 0.718 bits per heavy atom. The number of hydrogen-bond donors (Lipinski definition) is 0. The van der Waals surface area contributed by atoms with Gasteiger partial charge in [-0.25, -0.2) is 0 Å². The summed E-state index contributed by atoms with van der Waals surface area (Å²) in [5, 5.41) is 0. The topological polar surface area (TPSA) is 0 Å². The SMILES string of the molecule is CC1=CC2=C(C=CC=CC2c2ccc(-c3ccccc3)c(F)c2)[C]12[SiH](C)[C]1(C(C)=CC3=C1C=CC=CC3c1ccc(-c3ccccc3)c(F)c1)[Hf]21([Cl])([Cl])[C]2(C(C)=CC3=C2C=CC=CC3c2ccc(-c3ccccc3)c(F)c2)[SiH](C)[C]12C(C)=CC1=C2C=CC=CC1c1ccc(-c2ccccc2)c(F)c1. The van der Waals surface area contributed by atoms with Crippen LogP contribution in [0.1, 0.15) is 73.6 Å². The van der Waals surface area contributed by atoms with Crippen LogP contribution >= 0.6 is 17.2 Å². The van der Waals surface area contributed by atoms with Crippen molar-refractivity contribution in [2.45, 2.75) is 75.6 Å². The van der Waals surface area contributed by atoms with Crippen LogP contribution in [0.2, 0.25) is 24.3 Å². The third kappa shape index (κ3) is 7.80. The van der Waals surface area contributed by atoms with Gasteiger partial charge >= 0.3 is 615 Å². The zero-order chi connectivity index (χ0) is 70.8. The molecule has 103 heavy (non-hydrogen) atoms. The molecular formula is C94H76Cl2F4HfSi2. The molecule has 0 bridgehead atoms. The van der Waals surface area contributed by atoms with Gasteiger partial charge in [0.05, 0.1) is 0 Å². The summed E-state index contributed by atoms with van der Waals surface area (Å²) in [7, 11) is 17.1. The Kier molecular flexibility index (Phi) is 15.0. The number of allylic oxidation sites excluding steroid dienone is 32. The monoisotopic (exact) mass is 1590 g/mol. The fourth-order valence-corrected chi connectivity index (χ4v) is 196. The van der Waals surface area contributed by atoms with Gasteiger partial charge in [-0.1, -0.05) is 0 Å². The van der Waals surface area contributed by atoms with Gasteiger partial charge in [-0.2, -0.15) is 0 Å². The van der Waals surface area contributed by atoms with Crippen molar-refractivity contribution in [3.8, 4) is 44.5 Å². The quantitative estimate of drug-likeness (QED) is 0.105. The van der Waals surface area contributed by atoms with Crippen molar-refractivity contribution in [2.75, 3.05) is 0 Å². The number of fused-ring (bicyclic) bond motifs is 8. The predicted octanol–water partition coefficient (Wildman–Crippen LogP) is 25.9. The van der Waals surface area contributed by atoms with Gasteiger partial charge in [0.15, 0.2) is 0 Å². The molecule has 18 rings (SSSR count). The van der Waals surface area contributed by atoms with Crippen LogP contribution in [0.4, 0.5) is 17.6 Å². The van der Waals surface area contributed by atoms with Gasteiger partial charge in [0.1, 0.15) is 0 Å². The van der Waals surface area contributed by atoms with Crippen LogP contribution < -0.4 is 0 Å². The van der Waals surface area contributed by atoms with E-state index < -0.39 is 67.1 Å². The van der Waals surface area contributed by atoms with Crippen LogP contribution in [0.3, 0.4) is 0 Å². The Hall–Kier alpha value is -8.80. The van der Waals surface area contributed by atoms with E-state index in [0.717, 1.165) is 111 Å². The molecule has 2 saturated heterocycles. The van der Waals surface area contributed by atoms with Crippen molar-refractivity contribution >= 4 is 34.7 Å². The summed E-state index contributed by atoms with van der Waals surface area (Å²) in [6.07, 6.45) is 45.4. The molecule has 9 heteroatoms. The second kappa shape index (κ2) is 23.4. The van der Waals surface area contributed by atoms with Gasteiger partial charge < -0.3 is 0 Å². The minimum absolute atomic E-state index is 0.303. The fourth-order valence-electron chi connectivity index (χ4n) is 24.2. The van der Waals surface area contributed by atoms with E-state index in [-0.39, 0.29) is 23.3 Å². The Morgan fingerprint density at radius 2 is 0.515 bits per heavy atom. The third-order valence-electron chi connectivity index (χ3n) is 26.9. The first-order chi connectivity index (χ1) is 49.9. The molecule has 506 valence electrons. The van der Waals surface area contributed by atoms with Crippen LogP contribution in [0, 0.1) is 23.3 Å². The Bertz CT molecular complexity index is 4940. The second-order valence-electron chi connectivity index (χ2n) is 30.3. The number of halogens is 6. The van der Waals surface area contributed by atoms with E-state index in [1.165, 1.54) is 0 Å². The zero-order valence-electron chi connectivity index (χ0n) is 58.3. The van der Waals surface area contributed by atoms with E-state index >= 15 is 17.6 Å². The van der Waals surface area contributed by atoms with Crippen LogP contribution in [-0.2, 0) is 14.7 Å². The van der Waals surface area contributed by atoms with Gasteiger partial charge in [0.25, 0.3) is 0 Å². The summed E-state index contributed by atoms with van der Waals surface area (Å²) < 4.78 is 65.4. The molecule has 2 fully saturated rings. The molecule has 8 unspecified atom stereocenters. The van der Waals surface area contributed by atoms with Gasteiger partial charge in [-0.05, 0) is 0 Å². The van der Waals surface area contributed by atoms with Gasteiger partial charge in [-0.3, -0.25) is 0 Å². The molecule has 0 aromatic heterocycles. The van der Waals surface area contributed by atoms with Crippen molar-refractivity contribution in [1.82, 2.24) is 0 Å². The summed E-state index contributed by atoms with van der Waals surface area (Å²) in [5.74, 6) is -2.87. The number of benzene rings is 8. The molecule has 0 N–H and O–H groups in total. The van der Waals surface area contributed by atoms with E-state index in [4.69, 9.17) is 0 Å². The summed E-state index contributed by atoms with van der Waals surface area (Å²) in [4.78, 5) is 0. The average molecular weight is 1590 g/mol. The van der Waals surface area contributed by atoms with E-state index in [1.807, 2.05) is 146 Å². The van der Waals surface area contributed by atoms with Crippen molar-refractivity contribution < 1.29 is 32.2 Å². The molecule has 0 nitrogen and oxygen atoms in total. The first-order valence-electron chi connectivity index (χ1n) is 36.1. The number of rotatable bonds is 8. The van der Waals surface area contributed by atoms with E-state index in [2.05, 4.69) is 187 Å². The number of hydrogen-bond acceptors (Lipinski definition) is 0. The average Bonchev–Trinajstić information content (AvgIpc) is 1.52. The third-order valence-corrected chi connectivity index (χ3v) is 144. The maximum atomic E-state index is 17.4. The summed E-state index contributed by atoms with van der Waals surface area (Å²) >= 11 is -8.24. The molecule has 8 aliphatic carbocycles. The molecule has 8 aromatic rings. The summed E-state index contributed by atoms with van der Waals surface area (Å²) in [5.41, 5.74) is 21.8. The van der Waals surface area contributed by atoms with Gasteiger partial charge in [-0.15, -0.1) is 0 Å². The molecule has 10 aliphatic rings. The Balaban J connectivity index is 0.969.